The highest BCUT2D eigenvalue weighted by atomic mass is 32.2. The van der Waals surface area contributed by atoms with Crippen molar-refractivity contribution >= 4 is 34.1 Å². The average Bonchev–Trinajstić information content (AvgIpc) is 3.27. The quantitative estimate of drug-likeness (QED) is 0.576. The summed E-state index contributed by atoms with van der Waals surface area (Å²) in [4.78, 5) is 12.1. The van der Waals surface area contributed by atoms with Gasteiger partial charge in [-0.3, -0.25) is 10.1 Å². The van der Waals surface area contributed by atoms with Crippen LogP contribution in [0, 0.1) is 0 Å². The zero-order valence-electron chi connectivity index (χ0n) is 15.2. The van der Waals surface area contributed by atoms with Crippen molar-refractivity contribution in [2.24, 2.45) is 7.05 Å². The Kier molecular flexibility index (Phi) is 6.40. The van der Waals surface area contributed by atoms with Gasteiger partial charge in [0, 0.05) is 7.05 Å². The number of aryl methyl sites for hydroxylation is 1. The number of ether oxygens (including phenoxy) is 1. The second-order valence-electron chi connectivity index (χ2n) is 5.66. The third-order valence-corrected chi connectivity index (χ3v) is 5.64. The van der Waals surface area contributed by atoms with Crippen LogP contribution < -0.4 is 10.1 Å². The lowest BCUT2D eigenvalue weighted by atomic mass is 10.3. The van der Waals surface area contributed by atoms with Gasteiger partial charge in [-0.2, -0.15) is 0 Å². The van der Waals surface area contributed by atoms with Gasteiger partial charge in [-0.05, 0) is 25.5 Å². The van der Waals surface area contributed by atoms with Crippen molar-refractivity contribution in [1.29, 1.82) is 0 Å². The Bertz CT molecular complexity index is 896. The third-order valence-electron chi connectivity index (χ3n) is 3.64. The van der Waals surface area contributed by atoms with Crippen LogP contribution in [-0.4, -0.2) is 36.6 Å². The first-order valence-corrected chi connectivity index (χ1v) is 10.2. The topological polar surface area (TPSA) is 94.8 Å². The predicted octanol–water partition coefficient (Wildman–Crippen LogP) is 3.10. The number of amides is 1. The number of carbonyl (C=O) groups is 1. The van der Waals surface area contributed by atoms with E-state index in [0.29, 0.717) is 16.1 Å². The van der Waals surface area contributed by atoms with Crippen LogP contribution in [0.4, 0.5) is 5.13 Å². The number of hydrogen-bond acceptors (Lipinski definition) is 8. The van der Waals surface area contributed by atoms with Crippen LogP contribution in [0.3, 0.4) is 0 Å². The van der Waals surface area contributed by atoms with E-state index in [1.54, 1.807) is 0 Å². The number of hydrogen-bond donors (Lipinski definition) is 1. The second kappa shape index (κ2) is 8.96. The molecule has 142 valence electrons. The van der Waals surface area contributed by atoms with Gasteiger partial charge in [0.15, 0.2) is 17.1 Å². The molecule has 0 aliphatic heterocycles. The Morgan fingerprint density at radius 1 is 1.26 bits per heavy atom. The SMILES string of the molecule is CCc1nnc(NC(=O)CSc2nnc([C@@H](C)Oc3ccccc3)n2C)s1. The number of benzene rings is 1. The summed E-state index contributed by atoms with van der Waals surface area (Å²) in [6, 6.07) is 9.55. The summed E-state index contributed by atoms with van der Waals surface area (Å²) in [5.41, 5.74) is 0. The first kappa shape index (κ1) is 19.3. The van der Waals surface area contributed by atoms with Gasteiger partial charge < -0.3 is 9.30 Å². The number of rotatable bonds is 8. The highest BCUT2D eigenvalue weighted by Crippen LogP contribution is 2.23. The van der Waals surface area contributed by atoms with Gasteiger partial charge in [-0.15, -0.1) is 20.4 Å². The number of carbonyl (C=O) groups excluding carboxylic acids is 1. The molecule has 3 aromatic rings. The van der Waals surface area contributed by atoms with Gasteiger partial charge in [0.1, 0.15) is 10.8 Å². The molecule has 10 heteroatoms. The summed E-state index contributed by atoms with van der Waals surface area (Å²) in [5.74, 6) is 1.52. The zero-order valence-corrected chi connectivity index (χ0v) is 16.9. The van der Waals surface area contributed by atoms with Gasteiger partial charge in [0.05, 0.1) is 5.75 Å². The fourth-order valence-corrected chi connectivity index (χ4v) is 3.71. The van der Waals surface area contributed by atoms with E-state index in [1.807, 2.05) is 55.8 Å². The number of nitrogens with one attached hydrogen (secondary N) is 1. The molecule has 2 heterocycles. The molecule has 0 bridgehead atoms. The number of nitrogens with zero attached hydrogens (tertiary/aromatic N) is 5. The monoisotopic (exact) mass is 404 g/mol. The van der Waals surface area contributed by atoms with Crippen molar-refractivity contribution in [3.05, 3.63) is 41.2 Å². The van der Waals surface area contributed by atoms with Gasteiger partial charge >= 0.3 is 0 Å². The lowest BCUT2D eigenvalue weighted by molar-refractivity contribution is -0.113. The first-order chi connectivity index (χ1) is 13.1. The number of thioether (sulfide) groups is 1. The molecule has 0 saturated carbocycles. The fourth-order valence-electron chi connectivity index (χ4n) is 2.29. The van der Waals surface area contributed by atoms with Crippen molar-refractivity contribution in [1.82, 2.24) is 25.0 Å². The molecule has 0 aliphatic carbocycles. The van der Waals surface area contributed by atoms with Crippen LogP contribution in [0.15, 0.2) is 35.5 Å². The van der Waals surface area contributed by atoms with Crippen LogP contribution in [0.5, 0.6) is 5.75 Å². The molecule has 27 heavy (non-hydrogen) atoms. The number of para-hydroxylation sites is 1. The molecule has 3 rings (SSSR count). The molecule has 0 saturated heterocycles. The second-order valence-corrected chi connectivity index (χ2v) is 7.67. The maximum atomic E-state index is 12.1. The van der Waals surface area contributed by atoms with Crippen molar-refractivity contribution in [3.8, 4) is 5.75 Å². The summed E-state index contributed by atoms with van der Waals surface area (Å²) in [6.45, 7) is 3.91. The lowest BCUT2D eigenvalue weighted by Gasteiger charge is -2.14. The van der Waals surface area contributed by atoms with Crippen LogP contribution in [-0.2, 0) is 18.3 Å². The first-order valence-electron chi connectivity index (χ1n) is 8.42. The van der Waals surface area contributed by atoms with E-state index in [-0.39, 0.29) is 17.8 Å². The summed E-state index contributed by atoms with van der Waals surface area (Å²) in [7, 11) is 1.86. The molecule has 0 aliphatic rings. The molecule has 2 aromatic heterocycles. The van der Waals surface area contributed by atoms with E-state index >= 15 is 0 Å². The van der Waals surface area contributed by atoms with Crippen LogP contribution >= 0.6 is 23.1 Å². The molecule has 0 unspecified atom stereocenters. The summed E-state index contributed by atoms with van der Waals surface area (Å²) in [6.07, 6.45) is 0.537. The van der Waals surface area contributed by atoms with Gasteiger partial charge in [0.25, 0.3) is 0 Å². The summed E-state index contributed by atoms with van der Waals surface area (Å²) in [5, 5.41) is 21.1. The largest absolute Gasteiger partial charge is 0.483 e. The Morgan fingerprint density at radius 2 is 2.04 bits per heavy atom. The Balaban J connectivity index is 1.55. The Hall–Kier alpha value is -2.46. The highest BCUT2D eigenvalue weighted by Gasteiger charge is 2.18. The average molecular weight is 405 g/mol. The van der Waals surface area contributed by atoms with Crippen molar-refractivity contribution in [3.63, 3.8) is 0 Å². The molecule has 8 nitrogen and oxygen atoms in total. The number of aromatic nitrogens is 5. The minimum Gasteiger partial charge on any atom is -0.483 e. The Morgan fingerprint density at radius 3 is 2.74 bits per heavy atom. The molecular formula is C17H20N6O2S2. The molecule has 1 aromatic carbocycles. The van der Waals surface area contributed by atoms with E-state index in [9.17, 15) is 4.79 Å². The van der Waals surface area contributed by atoms with Gasteiger partial charge in [-0.1, -0.05) is 48.2 Å². The Labute approximate surface area is 165 Å². The van der Waals surface area contributed by atoms with E-state index < -0.39 is 0 Å². The normalized spacial score (nSPS) is 12.0. The molecule has 1 amide bonds. The standard InChI is InChI=1S/C17H20N6O2S2/c1-4-14-19-21-16(27-14)18-13(24)10-26-17-22-20-15(23(17)3)11(2)25-12-8-6-5-7-9-12/h5-9,11H,4,10H2,1-3H3,(H,18,21,24)/t11-/m1/s1. The third kappa shape index (κ3) is 5.04. The van der Waals surface area contributed by atoms with E-state index in [1.165, 1.54) is 23.1 Å². The smallest absolute Gasteiger partial charge is 0.236 e. The number of anilines is 1. The minimum atomic E-state index is -0.262. The van der Waals surface area contributed by atoms with Crippen molar-refractivity contribution in [2.45, 2.75) is 31.5 Å². The van der Waals surface area contributed by atoms with Crippen molar-refractivity contribution < 1.29 is 9.53 Å². The van der Waals surface area contributed by atoms with Gasteiger partial charge in [-0.25, -0.2) is 0 Å². The maximum Gasteiger partial charge on any atom is 0.236 e. The highest BCUT2D eigenvalue weighted by molar-refractivity contribution is 7.99. The summed E-state index contributed by atoms with van der Waals surface area (Å²) < 4.78 is 7.73. The van der Waals surface area contributed by atoms with Crippen LogP contribution in [0.2, 0.25) is 0 Å². The molecule has 1 N–H and O–H groups in total. The summed E-state index contributed by atoms with van der Waals surface area (Å²) >= 11 is 2.69. The van der Waals surface area contributed by atoms with E-state index in [0.717, 1.165) is 17.2 Å². The molecular weight excluding hydrogens is 384 g/mol. The van der Waals surface area contributed by atoms with E-state index in [2.05, 4.69) is 25.7 Å². The van der Waals surface area contributed by atoms with Crippen LogP contribution in [0.25, 0.3) is 0 Å². The van der Waals surface area contributed by atoms with Gasteiger partial charge in [0.2, 0.25) is 11.0 Å². The maximum absolute atomic E-state index is 12.1. The van der Waals surface area contributed by atoms with Crippen molar-refractivity contribution in [2.75, 3.05) is 11.1 Å². The molecule has 0 radical (unpaired) electrons. The fraction of sp³-hybridized carbons (Fsp3) is 0.353. The zero-order chi connectivity index (χ0) is 19.2. The van der Waals surface area contributed by atoms with E-state index in [4.69, 9.17) is 4.74 Å². The molecule has 1 atom stereocenters. The molecule has 0 fully saturated rings. The molecule has 0 spiro atoms. The predicted molar refractivity (Wildman–Crippen MR) is 105 cm³/mol. The minimum absolute atomic E-state index is 0.156. The van der Waals surface area contributed by atoms with Crippen LogP contribution in [0.1, 0.15) is 30.8 Å². The lowest BCUT2D eigenvalue weighted by Crippen LogP contribution is -2.14.